The van der Waals surface area contributed by atoms with Crippen LogP contribution in [0.1, 0.15) is 11.1 Å². The van der Waals surface area contributed by atoms with E-state index in [0.717, 1.165) is 24.3 Å². The molecule has 23 heavy (non-hydrogen) atoms. The van der Waals surface area contributed by atoms with Crippen molar-refractivity contribution in [1.82, 2.24) is 10.3 Å². The molecule has 3 N–H and O–H groups in total. The molecule has 0 radical (unpaired) electrons. The molecule has 2 aromatic rings. The Morgan fingerprint density at radius 3 is 2.61 bits per heavy atom. The number of hydrogen-bond donors (Lipinski definition) is 2. The molecule has 0 amide bonds. The van der Waals surface area contributed by atoms with E-state index in [-0.39, 0.29) is 24.0 Å². The second-order valence-corrected chi connectivity index (χ2v) is 5.24. The highest BCUT2D eigenvalue weighted by atomic mass is 127. The van der Waals surface area contributed by atoms with Gasteiger partial charge in [0.15, 0.2) is 5.96 Å². The van der Waals surface area contributed by atoms with Gasteiger partial charge in [0, 0.05) is 32.4 Å². The van der Waals surface area contributed by atoms with Crippen LogP contribution < -0.4 is 16.0 Å². The van der Waals surface area contributed by atoms with Gasteiger partial charge in [-0.2, -0.15) is 0 Å². The number of nitrogens with one attached hydrogen (secondary N) is 1. The first kappa shape index (κ1) is 19.2. The summed E-state index contributed by atoms with van der Waals surface area (Å²) in [6.07, 6.45) is 2.71. The molecule has 0 aliphatic carbocycles. The molecule has 0 fully saturated rings. The number of nitrogens with zero attached hydrogens (tertiary/aromatic N) is 3. The van der Waals surface area contributed by atoms with Crippen molar-refractivity contribution in [2.75, 3.05) is 25.5 Å². The molecule has 2 rings (SSSR count). The molecule has 0 aliphatic heterocycles. The van der Waals surface area contributed by atoms with Crippen LogP contribution in [0.15, 0.2) is 53.7 Å². The second-order valence-electron chi connectivity index (χ2n) is 5.24. The summed E-state index contributed by atoms with van der Waals surface area (Å²) in [4.78, 5) is 10.7. The van der Waals surface area contributed by atoms with Crippen molar-refractivity contribution < 1.29 is 0 Å². The van der Waals surface area contributed by atoms with Gasteiger partial charge >= 0.3 is 0 Å². The fourth-order valence-electron chi connectivity index (χ4n) is 2.16. The Morgan fingerprint density at radius 2 is 1.91 bits per heavy atom. The van der Waals surface area contributed by atoms with Crippen LogP contribution in [0.25, 0.3) is 0 Å². The molecule has 0 spiro atoms. The van der Waals surface area contributed by atoms with E-state index in [0.29, 0.717) is 12.5 Å². The molecule has 6 heteroatoms. The minimum atomic E-state index is 0. The quantitative estimate of drug-likeness (QED) is 0.424. The van der Waals surface area contributed by atoms with Crippen molar-refractivity contribution in [3.63, 3.8) is 0 Å². The molecule has 0 saturated heterocycles. The SMILES string of the molecule is CN(C)c1ncccc1CN=C(N)NCCc1ccccc1.I. The van der Waals surface area contributed by atoms with E-state index in [2.05, 4.69) is 27.4 Å². The lowest BCUT2D eigenvalue weighted by Gasteiger charge is -2.14. The van der Waals surface area contributed by atoms with Crippen LogP contribution in [0.4, 0.5) is 5.82 Å². The summed E-state index contributed by atoms with van der Waals surface area (Å²) in [5.41, 5.74) is 8.25. The summed E-state index contributed by atoms with van der Waals surface area (Å²) in [5.74, 6) is 1.38. The first-order chi connectivity index (χ1) is 10.7. The number of aliphatic imine (C=N–C) groups is 1. The van der Waals surface area contributed by atoms with Crippen LogP contribution >= 0.6 is 24.0 Å². The third-order valence-corrected chi connectivity index (χ3v) is 3.27. The predicted molar refractivity (Wildman–Crippen MR) is 107 cm³/mol. The number of rotatable bonds is 6. The normalized spacial score (nSPS) is 10.8. The molecule has 0 bridgehead atoms. The third-order valence-electron chi connectivity index (χ3n) is 3.27. The standard InChI is InChI=1S/C17H23N5.HI/c1-22(2)16-15(9-6-11-19-16)13-21-17(18)20-12-10-14-7-4-3-5-8-14;/h3-9,11H,10,12-13H2,1-2H3,(H3,18,20,21);1H. The van der Waals surface area contributed by atoms with Gasteiger partial charge in [0.2, 0.25) is 0 Å². The summed E-state index contributed by atoms with van der Waals surface area (Å²) in [6.45, 7) is 1.29. The molecule has 0 aliphatic rings. The molecule has 1 heterocycles. The van der Waals surface area contributed by atoms with E-state index in [1.54, 1.807) is 6.20 Å². The topological polar surface area (TPSA) is 66.5 Å². The first-order valence-electron chi connectivity index (χ1n) is 7.36. The zero-order valence-corrected chi connectivity index (χ0v) is 15.9. The molecule has 0 unspecified atom stereocenters. The Kier molecular flexibility index (Phi) is 8.39. The van der Waals surface area contributed by atoms with E-state index in [4.69, 9.17) is 5.73 Å². The van der Waals surface area contributed by atoms with Gasteiger partial charge in [0.05, 0.1) is 6.54 Å². The summed E-state index contributed by atoms with van der Waals surface area (Å²) >= 11 is 0. The Balaban J connectivity index is 0.00000264. The summed E-state index contributed by atoms with van der Waals surface area (Å²) in [5, 5.41) is 3.14. The second kappa shape index (κ2) is 10.0. The molecule has 124 valence electrons. The van der Waals surface area contributed by atoms with Crippen molar-refractivity contribution in [2.45, 2.75) is 13.0 Å². The van der Waals surface area contributed by atoms with Crippen molar-refractivity contribution in [2.24, 2.45) is 10.7 Å². The number of nitrogens with two attached hydrogens (primary N) is 1. The van der Waals surface area contributed by atoms with Gasteiger partial charge in [-0.1, -0.05) is 36.4 Å². The largest absolute Gasteiger partial charge is 0.370 e. The number of anilines is 1. The van der Waals surface area contributed by atoms with Gasteiger partial charge in [-0.3, -0.25) is 0 Å². The summed E-state index contributed by atoms with van der Waals surface area (Å²) in [7, 11) is 3.94. The Morgan fingerprint density at radius 1 is 1.17 bits per heavy atom. The van der Waals surface area contributed by atoms with E-state index in [1.165, 1.54) is 5.56 Å². The molecule has 0 atom stereocenters. The zero-order chi connectivity index (χ0) is 15.8. The summed E-state index contributed by atoms with van der Waals surface area (Å²) < 4.78 is 0. The maximum atomic E-state index is 5.92. The van der Waals surface area contributed by atoms with Crippen molar-refractivity contribution in [1.29, 1.82) is 0 Å². The fourth-order valence-corrected chi connectivity index (χ4v) is 2.16. The lowest BCUT2D eigenvalue weighted by Crippen LogP contribution is -2.33. The number of benzene rings is 1. The lowest BCUT2D eigenvalue weighted by atomic mass is 10.1. The minimum Gasteiger partial charge on any atom is -0.370 e. The van der Waals surface area contributed by atoms with Gasteiger partial charge in [0.25, 0.3) is 0 Å². The number of guanidine groups is 1. The van der Waals surface area contributed by atoms with Crippen molar-refractivity contribution >= 4 is 35.8 Å². The fraction of sp³-hybridized carbons (Fsp3) is 0.294. The molecular weight excluding hydrogens is 401 g/mol. The lowest BCUT2D eigenvalue weighted by molar-refractivity contribution is 0.846. The van der Waals surface area contributed by atoms with Crippen LogP contribution in [-0.2, 0) is 13.0 Å². The smallest absolute Gasteiger partial charge is 0.188 e. The summed E-state index contributed by atoms with van der Waals surface area (Å²) in [6, 6.07) is 14.2. The first-order valence-corrected chi connectivity index (χ1v) is 7.36. The van der Waals surface area contributed by atoms with Crippen LogP contribution in [-0.4, -0.2) is 31.6 Å². The Bertz CT molecular complexity index is 613. The predicted octanol–water partition coefficient (Wildman–Crippen LogP) is 2.41. The zero-order valence-electron chi connectivity index (χ0n) is 13.6. The highest BCUT2D eigenvalue weighted by Gasteiger charge is 2.04. The number of aromatic nitrogens is 1. The highest BCUT2D eigenvalue weighted by Crippen LogP contribution is 2.14. The van der Waals surface area contributed by atoms with E-state index in [1.807, 2.05) is 49.3 Å². The molecule has 1 aromatic carbocycles. The van der Waals surface area contributed by atoms with Gasteiger partial charge in [-0.05, 0) is 18.1 Å². The highest BCUT2D eigenvalue weighted by molar-refractivity contribution is 14.0. The monoisotopic (exact) mass is 425 g/mol. The van der Waals surface area contributed by atoms with Crippen molar-refractivity contribution in [3.8, 4) is 0 Å². The molecule has 1 aromatic heterocycles. The van der Waals surface area contributed by atoms with Gasteiger partial charge in [-0.15, -0.1) is 24.0 Å². The Labute approximate surface area is 155 Å². The van der Waals surface area contributed by atoms with Crippen LogP contribution in [0.3, 0.4) is 0 Å². The third kappa shape index (κ3) is 6.43. The van der Waals surface area contributed by atoms with Crippen LogP contribution in [0.2, 0.25) is 0 Å². The van der Waals surface area contributed by atoms with Gasteiger partial charge in [0.1, 0.15) is 5.82 Å². The number of pyridine rings is 1. The van der Waals surface area contributed by atoms with Gasteiger partial charge in [-0.25, -0.2) is 9.98 Å². The van der Waals surface area contributed by atoms with Crippen LogP contribution in [0.5, 0.6) is 0 Å². The maximum Gasteiger partial charge on any atom is 0.188 e. The van der Waals surface area contributed by atoms with Crippen LogP contribution in [0, 0.1) is 0 Å². The minimum absolute atomic E-state index is 0. The van der Waals surface area contributed by atoms with E-state index >= 15 is 0 Å². The van der Waals surface area contributed by atoms with Gasteiger partial charge < -0.3 is 16.0 Å². The van der Waals surface area contributed by atoms with Crippen molar-refractivity contribution in [3.05, 3.63) is 59.8 Å². The molecule has 5 nitrogen and oxygen atoms in total. The average Bonchev–Trinajstić information content (AvgIpc) is 2.54. The maximum absolute atomic E-state index is 5.92. The average molecular weight is 425 g/mol. The Hall–Kier alpha value is -1.83. The van der Waals surface area contributed by atoms with E-state index < -0.39 is 0 Å². The molecular formula is C17H24IN5. The number of halogens is 1. The molecule has 0 saturated carbocycles. The number of hydrogen-bond acceptors (Lipinski definition) is 3. The van der Waals surface area contributed by atoms with E-state index in [9.17, 15) is 0 Å².